The van der Waals surface area contributed by atoms with Crippen LogP contribution in [0, 0.1) is 0 Å². The number of benzene rings is 3. The SMILES string of the molecule is c1ccc(CCn2cc(C3CCNCC3OCc3ccc4ccccc4c3)nn2)cc1. The average molecular weight is 413 g/mol. The highest BCUT2D eigenvalue weighted by Gasteiger charge is 2.29. The van der Waals surface area contributed by atoms with E-state index in [2.05, 4.69) is 88.6 Å². The van der Waals surface area contributed by atoms with Crippen molar-refractivity contribution in [3.8, 4) is 0 Å². The molecule has 0 bridgehead atoms. The number of ether oxygens (including phenoxy) is 1. The molecule has 0 saturated carbocycles. The van der Waals surface area contributed by atoms with Crippen LogP contribution in [-0.4, -0.2) is 34.2 Å². The van der Waals surface area contributed by atoms with Gasteiger partial charge >= 0.3 is 0 Å². The monoisotopic (exact) mass is 412 g/mol. The molecule has 31 heavy (non-hydrogen) atoms. The summed E-state index contributed by atoms with van der Waals surface area (Å²) in [5.41, 5.74) is 3.56. The zero-order valence-electron chi connectivity index (χ0n) is 17.7. The van der Waals surface area contributed by atoms with E-state index >= 15 is 0 Å². The molecule has 5 rings (SSSR count). The van der Waals surface area contributed by atoms with Crippen LogP contribution in [0.3, 0.4) is 0 Å². The van der Waals surface area contributed by atoms with Gasteiger partial charge in [-0.25, -0.2) is 0 Å². The fraction of sp³-hybridized carbons (Fsp3) is 0.308. The first-order chi connectivity index (χ1) is 15.3. The summed E-state index contributed by atoms with van der Waals surface area (Å²) in [6.45, 7) is 3.27. The van der Waals surface area contributed by atoms with Gasteiger partial charge in [0.25, 0.3) is 0 Å². The lowest BCUT2D eigenvalue weighted by atomic mass is 9.92. The minimum absolute atomic E-state index is 0.0968. The molecule has 1 aliphatic heterocycles. The van der Waals surface area contributed by atoms with Gasteiger partial charge < -0.3 is 10.1 Å². The summed E-state index contributed by atoms with van der Waals surface area (Å²) in [6, 6.07) is 25.5. The van der Waals surface area contributed by atoms with Crippen molar-refractivity contribution in [2.24, 2.45) is 0 Å². The minimum atomic E-state index is 0.0968. The van der Waals surface area contributed by atoms with E-state index in [1.807, 2.05) is 10.7 Å². The number of nitrogens with one attached hydrogen (secondary N) is 1. The molecular weight excluding hydrogens is 384 g/mol. The molecule has 1 aromatic heterocycles. The first kappa shape index (κ1) is 19.9. The Morgan fingerprint density at radius 1 is 0.935 bits per heavy atom. The lowest BCUT2D eigenvalue weighted by molar-refractivity contribution is 0.00969. The quantitative estimate of drug-likeness (QED) is 0.491. The molecule has 4 aromatic rings. The minimum Gasteiger partial charge on any atom is -0.372 e. The largest absolute Gasteiger partial charge is 0.372 e. The second-order valence-electron chi connectivity index (χ2n) is 8.27. The summed E-state index contributed by atoms with van der Waals surface area (Å²) in [4.78, 5) is 0. The van der Waals surface area contributed by atoms with Crippen LogP contribution in [0.5, 0.6) is 0 Å². The lowest BCUT2D eigenvalue weighted by Gasteiger charge is -2.30. The van der Waals surface area contributed by atoms with Crippen molar-refractivity contribution in [3.63, 3.8) is 0 Å². The van der Waals surface area contributed by atoms with Gasteiger partial charge in [-0.2, -0.15) is 0 Å². The second kappa shape index (κ2) is 9.41. The first-order valence-corrected chi connectivity index (χ1v) is 11.1. The van der Waals surface area contributed by atoms with Crippen molar-refractivity contribution < 1.29 is 4.74 Å². The van der Waals surface area contributed by atoms with E-state index in [-0.39, 0.29) is 12.0 Å². The number of aromatic nitrogens is 3. The van der Waals surface area contributed by atoms with E-state index in [0.29, 0.717) is 6.61 Å². The summed E-state index contributed by atoms with van der Waals surface area (Å²) < 4.78 is 8.35. The first-order valence-electron chi connectivity index (χ1n) is 11.1. The number of piperidine rings is 1. The van der Waals surface area contributed by atoms with Crippen molar-refractivity contribution in [1.82, 2.24) is 20.3 Å². The molecule has 2 unspecified atom stereocenters. The summed E-state index contributed by atoms with van der Waals surface area (Å²) >= 11 is 0. The number of rotatable bonds is 7. The molecule has 2 heterocycles. The molecule has 1 aliphatic rings. The fourth-order valence-electron chi connectivity index (χ4n) is 4.36. The molecular formula is C26H28N4O. The Balaban J connectivity index is 1.23. The van der Waals surface area contributed by atoms with Crippen molar-refractivity contribution in [2.75, 3.05) is 13.1 Å². The molecule has 5 heteroatoms. The molecule has 0 spiro atoms. The maximum absolute atomic E-state index is 6.38. The molecule has 1 N–H and O–H groups in total. The lowest BCUT2D eigenvalue weighted by Crippen LogP contribution is -2.41. The Morgan fingerprint density at radius 3 is 2.68 bits per heavy atom. The molecule has 1 saturated heterocycles. The number of hydrogen-bond donors (Lipinski definition) is 1. The van der Waals surface area contributed by atoms with E-state index in [4.69, 9.17) is 4.74 Å². The van der Waals surface area contributed by atoms with Crippen LogP contribution in [0.4, 0.5) is 0 Å². The third-order valence-corrected chi connectivity index (χ3v) is 6.11. The van der Waals surface area contributed by atoms with Crippen LogP contribution < -0.4 is 5.32 Å². The normalized spacial score (nSPS) is 19.0. The number of fused-ring (bicyclic) bond motifs is 1. The van der Waals surface area contributed by atoms with Gasteiger partial charge in [0.1, 0.15) is 0 Å². The van der Waals surface area contributed by atoms with E-state index in [9.17, 15) is 0 Å². The van der Waals surface area contributed by atoms with E-state index in [1.54, 1.807) is 0 Å². The van der Waals surface area contributed by atoms with Gasteiger partial charge in [-0.15, -0.1) is 5.10 Å². The van der Waals surface area contributed by atoms with Crippen LogP contribution in [0.1, 0.15) is 29.2 Å². The molecule has 1 fully saturated rings. The summed E-state index contributed by atoms with van der Waals surface area (Å²) in [7, 11) is 0. The average Bonchev–Trinajstić information content (AvgIpc) is 3.31. The smallest absolute Gasteiger partial charge is 0.0884 e. The van der Waals surface area contributed by atoms with Gasteiger partial charge in [0.2, 0.25) is 0 Å². The molecule has 0 aliphatic carbocycles. The highest BCUT2D eigenvalue weighted by molar-refractivity contribution is 5.82. The highest BCUT2D eigenvalue weighted by atomic mass is 16.5. The van der Waals surface area contributed by atoms with Crippen molar-refractivity contribution >= 4 is 10.8 Å². The van der Waals surface area contributed by atoms with E-state index < -0.39 is 0 Å². The van der Waals surface area contributed by atoms with Crippen molar-refractivity contribution in [1.29, 1.82) is 0 Å². The Kier molecular flexibility index (Phi) is 6.05. The molecule has 5 nitrogen and oxygen atoms in total. The summed E-state index contributed by atoms with van der Waals surface area (Å²) in [6.07, 6.45) is 4.17. The van der Waals surface area contributed by atoms with Crippen LogP contribution in [0.15, 0.2) is 79.0 Å². The number of hydrogen-bond acceptors (Lipinski definition) is 4. The topological polar surface area (TPSA) is 52.0 Å². The standard InChI is InChI=1S/C26H28N4O/c1-2-6-20(7-3-1)13-15-30-18-25(28-29-30)24-12-14-27-17-26(24)31-19-21-10-11-22-8-4-5-9-23(22)16-21/h1-11,16,18,24,26-27H,12-15,17,19H2. The number of nitrogens with zero attached hydrogens (tertiary/aromatic N) is 3. The fourth-order valence-corrected chi connectivity index (χ4v) is 4.36. The third-order valence-electron chi connectivity index (χ3n) is 6.11. The Hall–Kier alpha value is -3.02. The van der Waals surface area contributed by atoms with Gasteiger partial charge in [0.15, 0.2) is 0 Å². The van der Waals surface area contributed by atoms with Crippen LogP contribution in [-0.2, 0) is 24.3 Å². The zero-order valence-corrected chi connectivity index (χ0v) is 17.7. The molecule has 3 aromatic carbocycles. The maximum Gasteiger partial charge on any atom is 0.0884 e. The zero-order chi connectivity index (χ0) is 20.9. The second-order valence-corrected chi connectivity index (χ2v) is 8.27. The van der Waals surface area contributed by atoms with Crippen LogP contribution in [0.2, 0.25) is 0 Å². The Labute approximate surface area is 183 Å². The Morgan fingerprint density at radius 2 is 1.77 bits per heavy atom. The van der Waals surface area contributed by atoms with Crippen molar-refractivity contribution in [3.05, 3.63) is 95.8 Å². The molecule has 158 valence electrons. The van der Waals surface area contributed by atoms with E-state index in [0.717, 1.165) is 38.2 Å². The van der Waals surface area contributed by atoms with Crippen molar-refractivity contribution in [2.45, 2.75) is 38.0 Å². The molecule has 0 radical (unpaired) electrons. The predicted molar refractivity (Wildman–Crippen MR) is 123 cm³/mol. The van der Waals surface area contributed by atoms with Gasteiger partial charge in [0.05, 0.1) is 18.4 Å². The summed E-state index contributed by atoms with van der Waals surface area (Å²) in [5, 5.41) is 14.9. The van der Waals surface area contributed by atoms with Gasteiger partial charge in [-0.1, -0.05) is 71.9 Å². The Bertz CT molecular complexity index is 1120. The van der Waals surface area contributed by atoms with Crippen LogP contribution in [0.25, 0.3) is 10.8 Å². The van der Waals surface area contributed by atoms with Gasteiger partial charge in [-0.05, 0) is 47.4 Å². The van der Waals surface area contributed by atoms with E-state index in [1.165, 1.54) is 21.9 Å². The number of aryl methyl sites for hydroxylation is 2. The van der Waals surface area contributed by atoms with Gasteiger partial charge in [0, 0.05) is 25.2 Å². The van der Waals surface area contributed by atoms with Crippen LogP contribution >= 0.6 is 0 Å². The van der Waals surface area contributed by atoms with Gasteiger partial charge in [-0.3, -0.25) is 4.68 Å². The molecule has 0 amide bonds. The highest BCUT2D eigenvalue weighted by Crippen LogP contribution is 2.27. The maximum atomic E-state index is 6.38. The summed E-state index contributed by atoms with van der Waals surface area (Å²) in [5.74, 6) is 0.271. The third kappa shape index (κ3) is 4.84. The molecule has 2 atom stereocenters. The predicted octanol–water partition coefficient (Wildman–Crippen LogP) is 4.34.